The van der Waals surface area contributed by atoms with Gasteiger partial charge in [-0.2, -0.15) is 5.26 Å². The molecule has 1 atom stereocenters. The highest BCUT2D eigenvalue weighted by molar-refractivity contribution is 7.17. The van der Waals surface area contributed by atoms with E-state index in [4.69, 9.17) is 20.5 Å². The van der Waals surface area contributed by atoms with Crippen LogP contribution in [0.1, 0.15) is 24.1 Å². The molecular weight excluding hydrogens is 250 g/mol. The van der Waals surface area contributed by atoms with E-state index in [2.05, 4.69) is 11.4 Å². The van der Waals surface area contributed by atoms with Crippen LogP contribution in [0.3, 0.4) is 0 Å². The van der Waals surface area contributed by atoms with E-state index in [9.17, 15) is 0 Å². The molecule has 1 aliphatic heterocycles. The lowest BCUT2D eigenvalue weighted by molar-refractivity contribution is 0.0248. The van der Waals surface area contributed by atoms with Gasteiger partial charge in [-0.15, -0.1) is 11.3 Å². The summed E-state index contributed by atoms with van der Waals surface area (Å²) in [6.07, 6.45) is 3.66. The minimum Gasteiger partial charge on any atom is -0.492 e. The Labute approximate surface area is 110 Å². The standard InChI is InChI=1S/C12H17N3O2S/c1-16-11-10(14)9(6-13)18-12(11)15-7-8-4-2-3-5-17-8/h8,15H,2-5,7,14H2,1H3. The summed E-state index contributed by atoms with van der Waals surface area (Å²) >= 11 is 1.32. The number of nitriles is 1. The van der Waals surface area contributed by atoms with E-state index in [0.717, 1.165) is 31.0 Å². The molecule has 1 aromatic heterocycles. The van der Waals surface area contributed by atoms with Crippen molar-refractivity contribution >= 4 is 22.0 Å². The Morgan fingerprint density at radius 2 is 2.44 bits per heavy atom. The maximum Gasteiger partial charge on any atom is 0.177 e. The van der Waals surface area contributed by atoms with E-state index in [1.165, 1.54) is 17.8 Å². The van der Waals surface area contributed by atoms with Gasteiger partial charge in [0, 0.05) is 13.2 Å². The number of methoxy groups -OCH3 is 1. The summed E-state index contributed by atoms with van der Waals surface area (Å²) in [5.41, 5.74) is 6.24. The van der Waals surface area contributed by atoms with E-state index in [1.54, 1.807) is 7.11 Å². The third-order valence-corrected chi connectivity index (χ3v) is 4.02. The zero-order valence-corrected chi connectivity index (χ0v) is 11.2. The molecule has 1 saturated heterocycles. The van der Waals surface area contributed by atoms with Crippen LogP contribution in [0.4, 0.5) is 10.7 Å². The van der Waals surface area contributed by atoms with Gasteiger partial charge in [-0.25, -0.2) is 0 Å². The SMILES string of the molecule is COc1c(NCC2CCCCO2)sc(C#N)c1N. The van der Waals surface area contributed by atoms with Crippen molar-refractivity contribution < 1.29 is 9.47 Å². The van der Waals surface area contributed by atoms with E-state index in [-0.39, 0.29) is 6.10 Å². The van der Waals surface area contributed by atoms with Gasteiger partial charge in [0.2, 0.25) is 0 Å². The molecule has 2 rings (SSSR count). The molecule has 1 aromatic rings. The number of nitrogens with two attached hydrogens (primary N) is 1. The summed E-state index contributed by atoms with van der Waals surface area (Å²) in [6, 6.07) is 2.07. The average Bonchev–Trinajstić information content (AvgIpc) is 2.73. The predicted octanol–water partition coefficient (Wildman–Crippen LogP) is 2.19. The van der Waals surface area contributed by atoms with Crippen LogP contribution in [0.25, 0.3) is 0 Å². The molecule has 1 unspecified atom stereocenters. The zero-order valence-electron chi connectivity index (χ0n) is 10.4. The minimum absolute atomic E-state index is 0.234. The van der Waals surface area contributed by atoms with E-state index in [1.807, 2.05) is 0 Å². The largest absolute Gasteiger partial charge is 0.492 e. The Morgan fingerprint density at radius 3 is 3.06 bits per heavy atom. The fourth-order valence-electron chi connectivity index (χ4n) is 2.01. The summed E-state index contributed by atoms with van der Waals surface area (Å²) in [5.74, 6) is 0.562. The fraction of sp³-hybridized carbons (Fsp3) is 0.583. The average molecular weight is 267 g/mol. The van der Waals surface area contributed by atoms with Crippen LogP contribution in [0, 0.1) is 11.3 Å². The molecule has 1 aliphatic rings. The molecule has 5 nitrogen and oxygen atoms in total. The molecule has 0 saturated carbocycles. The van der Waals surface area contributed by atoms with Crippen LogP contribution in [0.5, 0.6) is 5.75 Å². The van der Waals surface area contributed by atoms with Crippen molar-refractivity contribution in [2.24, 2.45) is 0 Å². The van der Waals surface area contributed by atoms with Crippen molar-refractivity contribution in [3.8, 4) is 11.8 Å². The van der Waals surface area contributed by atoms with E-state index >= 15 is 0 Å². The second kappa shape index (κ2) is 5.94. The minimum atomic E-state index is 0.234. The molecule has 0 radical (unpaired) electrons. The van der Waals surface area contributed by atoms with Gasteiger partial charge in [-0.1, -0.05) is 0 Å². The molecule has 0 spiro atoms. The Bertz CT molecular complexity index is 447. The Hall–Kier alpha value is -1.45. The molecule has 0 aliphatic carbocycles. The number of hydrogen-bond acceptors (Lipinski definition) is 6. The van der Waals surface area contributed by atoms with Crippen LogP contribution >= 0.6 is 11.3 Å². The lowest BCUT2D eigenvalue weighted by Gasteiger charge is -2.23. The zero-order chi connectivity index (χ0) is 13.0. The molecule has 3 N–H and O–H groups in total. The normalized spacial score (nSPS) is 19.2. The Balaban J connectivity index is 2.02. The first-order valence-electron chi connectivity index (χ1n) is 5.98. The third kappa shape index (κ3) is 2.68. The van der Waals surface area contributed by atoms with Crippen molar-refractivity contribution in [2.75, 3.05) is 31.3 Å². The summed E-state index contributed by atoms with van der Waals surface area (Å²) < 4.78 is 10.9. The first-order chi connectivity index (χ1) is 8.76. The first-order valence-corrected chi connectivity index (χ1v) is 6.79. The van der Waals surface area contributed by atoms with Crippen LogP contribution < -0.4 is 15.8 Å². The lowest BCUT2D eigenvalue weighted by atomic mass is 10.1. The number of hydrogen-bond donors (Lipinski definition) is 2. The number of anilines is 2. The van der Waals surface area contributed by atoms with Gasteiger partial charge >= 0.3 is 0 Å². The van der Waals surface area contributed by atoms with E-state index < -0.39 is 0 Å². The van der Waals surface area contributed by atoms with Crippen molar-refractivity contribution in [1.82, 2.24) is 0 Å². The van der Waals surface area contributed by atoms with Gasteiger partial charge in [0.05, 0.1) is 13.2 Å². The van der Waals surface area contributed by atoms with Crippen molar-refractivity contribution in [1.29, 1.82) is 5.26 Å². The monoisotopic (exact) mass is 267 g/mol. The number of nitrogens with zero attached hydrogens (tertiary/aromatic N) is 1. The Kier molecular flexibility index (Phi) is 4.28. The van der Waals surface area contributed by atoms with Crippen molar-refractivity contribution in [3.63, 3.8) is 0 Å². The molecule has 6 heteroatoms. The number of thiophene rings is 1. The highest BCUT2D eigenvalue weighted by Crippen LogP contribution is 2.41. The molecule has 1 fully saturated rings. The van der Waals surface area contributed by atoms with Crippen molar-refractivity contribution in [3.05, 3.63) is 4.88 Å². The van der Waals surface area contributed by atoms with Crippen LogP contribution in [0.15, 0.2) is 0 Å². The Morgan fingerprint density at radius 1 is 1.61 bits per heavy atom. The number of nitrogen functional groups attached to an aromatic ring is 1. The summed E-state index contributed by atoms with van der Waals surface area (Å²) in [6.45, 7) is 1.56. The van der Waals surface area contributed by atoms with Crippen LogP contribution in [-0.4, -0.2) is 26.4 Å². The van der Waals surface area contributed by atoms with Gasteiger partial charge < -0.3 is 20.5 Å². The summed E-state index contributed by atoms with van der Waals surface area (Å²) in [5, 5.41) is 13.0. The summed E-state index contributed by atoms with van der Waals surface area (Å²) in [4.78, 5) is 0.485. The predicted molar refractivity (Wildman–Crippen MR) is 72.1 cm³/mol. The van der Waals surface area contributed by atoms with Crippen molar-refractivity contribution in [2.45, 2.75) is 25.4 Å². The molecule has 18 heavy (non-hydrogen) atoms. The van der Waals surface area contributed by atoms with E-state index in [0.29, 0.717) is 16.3 Å². The molecular formula is C12H17N3O2S. The van der Waals surface area contributed by atoms with Gasteiger partial charge in [-0.05, 0) is 19.3 Å². The number of nitrogens with one attached hydrogen (secondary N) is 1. The quantitative estimate of drug-likeness (QED) is 0.874. The van der Waals surface area contributed by atoms with Gasteiger partial charge in [0.15, 0.2) is 5.75 Å². The molecule has 0 amide bonds. The highest BCUT2D eigenvalue weighted by atomic mass is 32.1. The summed E-state index contributed by atoms with van der Waals surface area (Å²) in [7, 11) is 1.56. The van der Waals surface area contributed by atoms with Gasteiger partial charge in [-0.3, -0.25) is 0 Å². The maximum absolute atomic E-state index is 8.94. The van der Waals surface area contributed by atoms with Crippen LogP contribution in [-0.2, 0) is 4.74 Å². The third-order valence-electron chi connectivity index (χ3n) is 2.97. The smallest absolute Gasteiger partial charge is 0.177 e. The molecule has 98 valence electrons. The maximum atomic E-state index is 8.94. The first kappa shape index (κ1) is 13.0. The highest BCUT2D eigenvalue weighted by Gasteiger charge is 2.19. The number of ether oxygens (including phenoxy) is 2. The molecule has 2 heterocycles. The van der Waals surface area contributed by atoms with Crippen LogP contribution in [0.2, 0.25) is 0 Å². The fourth-order valence-corrected chi connectivity index (χ4v) is 2.90. The number of rotatable bonds is 4. The van der Waals surface area contributed by atoms with Gasteiger partial charge in [0.1, 0.15) is 21.6 Å². The van der Waals surface area contributed by atoms with Gasteiger partial charge in [0.25, 0.3) is 0 Å². The second-order valence-corrected chi connectivity index (χ2v) is 5.21. The molecule has 0 bridgehead atoms. The topological polar surface area (TPSA) is 80.3 Å². The molecule has 0 aromatic carbocycles. The lowest BCUT2D eigenvalue weighted by Crippen LogP contribution is -2.26. The second-order valence-electron chi connectivity index (χ2n) is 4.19.